The van der Waals surface area contributed by atoms with E-state index >= 15 is 0 Å². The van der Waals surface area contributed by atoms with Crippen LogP contribution in [0.4, 0.5) is 0 Å². The summed E-state index contributed by atoms with van der Waals surface area (Å²) >= 11 is 5.99. The molecule has 1 fully saturated rings. The smallest absolute Gasteiger partial charge is 0.311 e. The van der Waals surface area contributed by atoms with E-state index in [4.69, 9.17) is 25.5 Å². The Balaban J connectivity index is 1.52. The summed E-state index contributed by atoms with van der Waals surface area (Å²) in [6.45, 7) is 0.129. The number of ketones is 1. The molecule has 1 aliphatic heterocycles. The number of ether oxygens (including phenoxy) is 2. The average molecular weight is 392 g/mol. The lowest BCUT2D eigenvalue weighted by Gasteiger charge is -2.14. The number of carbonyl (C=O) groups excluding carboxylic acids is 3. The molecule has 0 aliphatic carbocycles. The summed E-state index contributed by atoms with van der Waals surface area (Å²) in [6, 6.07) is 8.07. The molecule has 8 heteroatoms. The fourth-order valence-corrected chi connectivity index (χ4v) is 3.11. The van der Waals surface area contributed by atoms with Gasteiger partial charge in [-0.05, 0) is 30.3 Å². The van der Waals surface area contributed by atoms with Crippen molar-refractivity contribution in [3.05, 3.63) is 52.9 Å². The summed E-state index contributed by atoms with van der Waals surface area (Å²) in [4.78, 5) is 38.0. The fraction of sp³-hybridized carbons (Fsp3) is 0.316. The number of hydrogen-bond acceptors (Lipinski definition) is 6. The molecule has 0 radical (unpaired) electrons. The molecule has 1 aliphatic rings. The Labute approximate surface area is 160 Å². The number of likely N-dealkylation sites (tertiary alicyclic amines) is 1. The maximum atomic E-state index is 12.2. The summed E-state index contributed by atoms with van der Waals surface area (Å²) in [7, 11) is 1.47. The van der Waals surface area contributed by atoms with Gasteiger partial charge in [0.2, 0.25) is 5.91 Å². The van der Waals surface area contributed by atoms with Gasteiger partial charge in [0.1, 0.15) is 11.5 Å². The van der Waals surface area contributed by atoms with Crippen LogP contribution in [-0.4, -0.2) is 42.8 Å². The van der Waals surface area contributed by atoms with Gasteiger partial charge in [0.25, 0.3) is 0 Å². The Morgan fingerprint density at radius 3 is 2.81 bits per heavy atom. The molecule has 1 saturated heterocycles. The zero-order valence-corrected chi connectivity index (χ0v) is 15.4. The highest BCUT2D eigenvalue weighted by Crippen LogP contribution is 2.25. The molecule has 0 bridgehead atoms. The van der Waals surface area contributed by atoms with Crippen LogP contribution >= 0.6 is 11.6 Å². The van der Waals surface area contributed by atoms with Crippen molar-refractivity contribution < 1.29 is 28.3 Å². The van der Waals surface area contributed by atoms with Crippen molar-refractivity contribution in [2.45, 2.75) is 13.0 Å². The highest BCUT2D eigenvalue weighted by atomic mass is 35.5. The summed E-state index contributed by atoms with van der Waals surface area (Å²) in [5, 5.41) is 0.296. The van der Waals surface area contributed by atoms with Gasteiger partial charge in [-0.25, -0.2) is 0 Å². The number of methoxy groups -OCH3 is 1. The number of hydrogen-bond donors (Lipinski definition) is 0. The van der Waals surface area contributed by atoms with Gasteiger partial charge in [-0.1, -0.05) is 11.6 Å². The third kappa shape index (κ3) is 4.49. The Bertz CT molecular complexity index is 848. The van der Waals surface area contributed by atoms with E-state index in [9.17, 15) is 14.4 Å². The molecule has 7 nitrogen and oxygen atoms in total. The second-order valence-electron chi connectivity index (χ2n) is 6.13. The number of esters is 1. The van der Waals surface area contributed by atoms with Crippen molar-refractivity contribution in [1.82, 2.24) is 4.90 Å². The number of furan rings is 1. The fourth-order valence-electron chi connectivity index (χ4n) is 2.85. The van der Waals surface area contributed by atoms with Crippen LogP contribution in [0.5, 0.6) is 5.75 Å². The number of nitrogens with zero attached hydrogens (tertiary/aromatic N) is 1. The van der Waals surface area contributed by atoms with E-state index in [2.05, 4.69) is 0 Å². The van der Waals surface area contributed by atoms with Crippen LogP contribution in [0, 0.1) is 5.92 Å². The van der Waals surface area contributed by atoms with Crippen LogP contribution in [-0.2, 0) is 20.9 Å². The Morgan fingerprint density at radius 1 is 1.33 bits per heavy atom. The lowest BCUT2D eigenvalue weighted by Crippen LogP contribution is -2.27. The zero-order chi connectivity index (χ0) is 19.4. The van der Waals surface area contributed by atoms with Gasteiger partial charge in [0.05, 0.1) is 30.9 Å². The van der Waals surface area contributed by atoms with Gasteiger partial charge in [-0.2, -0.15) is 0 Å². The van der Waals surface area contributed by atoms with Crippen LogP contribution in [0.15, 0.2) is 41.0 Å². The molecule has 0 N–H and O–H groups in total. The van der Waals surface area contributed by atoms with Gasteiger partial charge in [-0.3, -0.25) is 14.4 Å². The van der Waals surface area contributed by atoms with Crippen LogP contribution in [0.1, 0.15) is 22.5 Å². The number of benzene rings is 1. The SMILES string of the molecule is COc1ccc(C(=O)COC(=O)[C@@H]2CC(=O)N(Cc3ccco3)C2)cc1Cl. The molecule has 1 aromatic heterocycles. The molecular formula is C19H18ClNO6. The van der Waals surface area contributed by atoms with Crippen molar-refractivity contribution in [3.8, 4) is 5.75 Å². The highest BCUT2D eigenvalue weighted by molar-refractivity contribution is 6.32. The van der Waals surface area contributed by atoms with Crippen LogP contribution in [0.3, 0.4) is 0 Å². The predicted octanol–water partition coefficient (Wildman–Crippen LogP) is 2.72. The third-order valence-electron chi connectivity index (χ3n) is 4.29. The molecular weight excluding hydrogens is 374 g/mol. The minimum absolute atomic E-state index is 0.0576. The van der Waals surface area contributed by atoms with Gasteiger partial charge in [0, 0.05) is 18.5 Å². The Morgan fingerprint density at radius 2 is 2.15 bits per heavy atom. The molecule has 0 saturated carbocycles. The van der Waals surface area contributed by atoms with Crippen molar-refractivity contribution in [1.29, 1.82) is 0 Å². The van der Waals surface area contributed by atoms with E-state index in [0.717, 1.165) is 0 Å². The first-order valence-electron chi connectivity index (χ1n) is 8.31. The molecule has 1 atom stereocenters. The third-order valence-corrected chi connectivity index (χ3v) is 4.59. The molecule has 1 amide bonds. The molecule has 2 aromatic rings. The summed E-state index contributed by atoms with van der Waals surface area (Å²) in [5.74, 6) is -0.612. The van der Waals surface area contributed by atoms with E-state index in [1.54, 1.807) is 24.3 Å². The first-order valence-corrected chi connectivity index (χ1v) is 8.69. The highest BCUT2D eigenvalue weighted by Gasteiger charge is 2.35. The number of amides is 1. The first kappa shape index (κ1) is 19.0. The molecule has 0 unspecified atom stereocenters. The van der Waals surface area contributed by atoms with Crippen molar-refractivity contribution >= 4 is 29.3 Å². The van der Waals surface area contributed by atoms with Crippen molar-refractivity contribution in [2.75, 3.05) is 20.3 Å². The van der Waals surface area contributed by atoms with Gasteiger partial charge in [0.15, 0.2) is 12.4 Å². The van der Waals surface area contributed by atoms with E-state index < -0.39 is 18.5 Å². The average Bonchev–Trinajstić information content (AvgIpc) is 3.30. The lowest BCUT2D eigenvalue weighted by atomic mass is 10.1. The number of Topliss-reactive ketones (excluding diaryl/α,β-unsaturated/α-hetero) is 1. The molecule has 3 rings (SSSR count). The standard InChI is InChI=1S/C19H18ClNO6/c1-25-17-5-4-12(7-15(17)20)16(22)11-27-19(24)13-8-18(23)21(9-13)10-14-3-2-6-26-14/h2-7,13H,8-11H2,1H3/t13-/m1/s1. The van der Waals surface area contributed by atoms with Crippen LogP contribution < -0.4 is 4.74 Å². The summed E-state index contributed by atoms with van der Waals surface area (Å²) < 4.78 is 15.4. The minimum atomic E-state index is -0.597. The van der Waals surface area contributed by atoms with Gasteiger partial charge < -0.3 is 18.8 Å². The number of halogens is 1. The molecule has 27 heavy (non-hydrogen) atoms. The summed E-state index contributed by atoms with van der Waals surface area (Å²) in [5.41, 5.74) is 0.315. The number of carbonyl (C=O) groups is 3. The van der Waals surface area contributed by atoms with E-state index in [0.29, 0.717) is 28.6 Å². The number of rotatable bonds is 7. The normalized spacial score (nSPS) is 16.4. The molecule has 0 spiro atoms. The van der Waals surface area contributed by atoms with Crippen LogP contribution in [0.25, 0.3) is 0 Å². The maximum Gasteiger partial charge on any atom is 0.311 e. The summed E-state index contributed by atoms with van der Waals surface area (Å²) in [6.07, 6.45) is 1.58. The van der Waals surface area contributed by atoms with E-state index in [1.165, 1.54) is 24.3 Å². The molecule has 2 heterocycles. The Hall–Kier alpha value is -2.80. The van der Waals surface area contributed by atoms with Crippen molar-refractivity contribution in [3.63, 3.8) is 0 Å². The zero-order valence-electron chi connectivity index (χ0n) is 14.6. The van der Waals surface area contributed by atoms with Gasteiger partial charge >= 0.3 is 5.97 Å². The van der Waals surface area contributed by atoms with Crippen molar-refractivity contribution in [2.24, 2.45) is 5.92 Å². The van der Waals surface area contributed by atoms with Crippen LogP contribution in [0.2, 0.25) is 5.02 Å². The molecule has 1 aromatic carbocycles. The minimum Gasteiger partial charge on any atom is -0.495 e. The van der Waals surface area contributed by atoms with E-state index in [-0.39, 0.29) is 24.7 Å². The second kappa shape index (κ2) is 8.26. The lowest BCUT2D eigenvalue weighted by molar-refractivity contribution is -0.147. The van der Waals surface area contributed by atoms with Gasteiger partial charge in [-0.15, -0.1) is 0 Å². The first-order chi connectivity index (χ1) is 13.0. The second-order valence-corrected chi connectivity index (χ2v) is 6.54. The quantitative estimate of drug-likeness (QED) is 0.533. The monoisotopic (exact) mass is 391 g/mol. The maximum absolute atomic E-state index is 12.2. The predicted molar refractivity (Wildman–Crippen MR) is 95.5 cm³/mol. The largest absolute Gasteiger partial charge is 0.495 e. The Kier molecular flexibility index (Phi) is 5.81. The topological polar surface area (TPSA) is 86.0 Å². The van der Waals surface area contributed by atoms with E-state index in [1.807, 2.05) is 0 Å². The molecule has 142 valence electrons.